The topological polar surface area (TPSA) is 85.2 Å². The number of hydrogen-bond donors (Lipinski definition) is 2. The summed E-state index contributed by atoms with van der Waals surface area (Å²) >= 11 is 0. The molecule has 1 aromatic carbocycles. The number of carbonyl (C=O) groups is 1. The minimum absolute atomic E-state index is 0.230. The van der Waals surface area contributed by atoms with Crippen LogP contribution in [-0.4, -0.2) is 43.1 Å². The fourth-order valence-electron chi connectivity index (χ4n) is 2.05. The van der Waals surface area contributed by atoms with Gasteiger partial charge in [0, 0.05) is 19.8 Å². The third-order valence-corrected chi connectivity index (χ3v) is 3.04. The van der Waals surface area contributed by atoms with Crippen LogP contribution in [0.2, 0.25) is 0 Å². The minimum atomic E-state index is -1.26. The molecule has 0 radical (unpaired) electrons. The zero-order valence-corrected chi connectivity index (χ0v) is 12.5. The second-order valence-electron chi connectivity index (χ2n) is 4.45. The SMILES string of the molecule is CCOC(=O)CC(O)C(O)c1ccccc1C(OC)OC. The van der Waals surface area contributed by atoms with E-state index < -0.39 is 24.5 Å². The molecule has 6 nitrogen and oxygen atoms in total. The maximum atomic E-state index is 11.4. The Labute approximate surface area is 124 Å². The van der Waals surface area contributed by atoms with Crippen LogP contribution in [0.15, 0.2) is 24.3 Å². The minimum Gasteiger partial charge on any atom is -0.466 e. The van der Waals surface area contributed by atoms with Crippen molar-refractivity contribution in [3.05, 3.63) is 35.4 Å². The molecular weight excluding hydrogens is 276 g/mol. The summed E-state index contributed by atoms with van der Waals surface area (Å²) in [5, 5.41) is 20.2. The molecule has 0 aliphatic heterocycles. The lowest BCUT2D eigenvalue weighted by Gasteiger charge is -2.23. The summed E-state index contributed by atoms with van der Waals surface area (Å²) in [5.74, 6) is -0.559. The van der Waals surface area contributed by atoms with Crippen LogP contribution in [-0.2, 0) is 19.0 Å². The molecule has 2 atom stereocenters. The van der Waals surface area contributed by atoms with Crippen molar-refractivity contribution < 1.29 is 29.2 Å². The molecule has 0 fully saturated rings. The van der Waals surface area contributed by atoms with Crippen molar-refractivity contribution in [2.75, 3.05) is 20.8 Å². The van der Waals surface area contributed by atoms with Crippen LogP contribution in [0, 0.1) is 0 Å². The first-order valence-corrected chi connectivity index (χ1v) is 6.71. The Morgan fingerprint density at radius 1 is 1.14 bits per heavy atom. The molecule has 0 amide bonds. The van der Waals surface area contributed by atoms with E-state index in [-0.39, 0.29) is 13.0 Å². The predicted molar refractivity (Wildman–Crippen MR) is 75.4 cm³/mol. The fraction of sp³-hybridized carbons (Fsp3) is 0.533. The van der Waals surface area contributed by atoms with Crippen LogP contribution in [0.4, 0.5) is 0 Å². The summed E-state index contributed by atoms with van der Waals surface area (Å²) in [6, 6.07) is 6.88. The highest BCUT2D eigenvalue weighted by molar-refractivity contribution is 5.70. The van der Waals surface area contributed by atoms with E-state index in [1.807, 2.05) is 0 Å². The van der Waals surface area contributed by atoms with E-state index in [1.54, 1.807) is 31.2 Å². The Kier molecular flexibility index (Phi) is 7.31. The van der Waals surface area contributed by atoms with Gasteiger partial charge in [0.05, 0.1) is 19.1 Å². The molecule has 0 saturated heterocycles. The highest BCUT2D eigenvalue weighted by Crippen LogP contribution is 2.29. The van der Waals surface area contributed by atoms with Crippen LogP contribution in [0.5, 0.6) is 0 Å². The molecule has 0 spiro atoms. The van der Waals surface area contributed by atoms with Crippen LogP contribution in [0.3, 0.4) is 0 Å². The van der Waals surface area contributed by atoms with Gasteiger partial charge in [-0.25, -0.2) is 0 Å². The number of ether oxygens (including phenoxy) is 3. The summed E-state index contributed by atoms with van der Waals surface area (Å²) < 4.78 is 15.1. The number of rotatable bonds is 8. The summed E-state index contributed by atoms with van der Waals surface area (Å²) in [6.45, 7) is 1.91. The third-order valence-electron chi connectivity index (χ3n) is 3.04. The van der Waals surface area contributed by atoms with Crippen molar-refractivity contribution in [2.45, 2.75) is 31.8 Å². The van der Waals surface area contributed by atoms with Crippen molar-refractivity contribution in [2.24, 2.45) is 0 Å². The van der Waals surface area contributed by atoms with Crippen molar-refractivity contribution in [3.63, 3.8) is 0 Å². The van der Waals surface area contributed by atoms with Crippen molar-refractivity contribution >= 4 is 5.97 Å². The third kappa shape index (κ3) is 4.78. The second kappa shape index (κ2) is 8.74. The van der Waals surface area contributed by atoms with Gasteiger partial charge in [-0.05, 0) is 12.5 Å². The number of hydrogen-bond acceptors (Lipinski definition) is 6. The van der Waals surface area contributed by atoms with Gasteiger partial charge in [-0.3, -0.25) is 4.79 Å². The molecule has 0 bridgehead atoms. The summed E-state index contributed by atoms with van der Waals surface area (Å²) in [6.07, 6.45) is -3.45. The maximum Gasteiger partial charge on any atom is 0.308 e. The first kappa shape index (κ1) is 17.6. The average Bonchev–Trinajstić information content (AvgIpc) is 2.48. The van der Waals surface area contributed by atoms with Crippen LogP contribution >= 0.6 is 0 Å². The normalized spacial score (nSPS) is 14.0. The van der Waals surface area contributed by atoms with Crippen LogP contribution < -0.4 is 0 Å². The van der Waals surface area contributed by atoms with E-state index >= 15 is 0 Å². The van der Waals surface area contributed by atoms with Gasteiger partial charge in [0.1, 0.15) is 6.10 Å². The molecule has 0 aliphatic carbocycles. The lowest BCUT2D eigenvalue weighted by molar-refractivity contribution is -0.147. The molecule has 21 heavy (non-hydrogen) atoms. The molecule has 1 rings (SSSR count). The molecule has 6 heteroatoms. The Morgan fingerprint density at radius 3 is 2.24 bits per heavy atom. The smallest absolute Gasteiger partial charge is 0.308 e. The van der Waals surface area contributed by atoms with Crippen molar-refractivity contribution in [1.29, 1.82) is 0 Å². The molecule has 0 saturated carbocycles. The lowest BCUT2D eigenvalue weighted by atomic mass is 9.96. The highest BCUT2D eigenvalue weighted by atomic mass is 16.7. The Morgan fingerprint density at radius 2 is 1.71 bits per heavy atom. The molecule has 0 aromatic heterocycles. The number of carbonyl (C=O) groups excluding carboxylic acids is 1. The highest BCUT2D eigenvalue weighted by Gasteiger charge is 2.26. The largest absolute Gasteiger partial charge is 0.466 e. The van der Waals surface area contributed by atoms with Crippen molar-refractivity contribution in [3.8, 4) is 0 Å². The van der Waals surface area contributed by atoms with Crippen LogP contribution in [0.25, 0.3) is 0 Å². The quantitative estimate of drug-likeness (QED) is 0.556. The van der Waals surface area contributed by atoms with Gasteiger partial charge in [-0.1, -0.05) is 24.3 Å². The number of methoxy groups -OCH3 is 2. The van der Waals surface area contributed by atoms with Gasteiger partial charge in [-0.2, -0.15) is 0 Å². The van der Waals surface area contributed by atoms with Gasteiger partial charge < -0.3 is 24.4 Å². The van der Waals surface area contributed by atoms with Crippen LogP contribution in [0.1, 0.15) is 36.9 Å². The molecule has 118 valence electrons. The molecule has 0 heterocycles. The average molecular weight is 298 g/mol. The van der Waals surface area contributed by atoms with E-state index in [2.05, 4.69) is 0 Å². The molecular formula is C15H22O6. The summed E-state index contributed by atoms with van der Waals surface area (Å²) in [4.78, 5) is 11.4. The predicted octanol–water partition coefficient (Wildman–Crippen LogP) is 1.33. The number of aliphatic hydroxyl groups is 2. The summed E-state index contributed by atoms with van der Waals surface area (Å²) in [7, 11) is 2.96. The van der Waals surface area contributed by atoms with E-state index in [1.165, 1.54) is 14.2 Å². The molecule has 0 aliphatic rings. The number of aliphatic hydroxyl groups excluding tert-OH is 2. The first-order chi connectivity index (χ1) is 10.0. The Hall–Kier alpha value is -1.47. The lowest BCUT2D eigenvalue weighted by Crippen LogP contribution is -2.24. The fourth-order valence-corrected chi connectivity index (χ4v) is 2.05. The van der Waals surface area contributed by atoms with Gasteiger partial charge >= 0.3 is 5.97 Å². The van der Waals surface area contributed by atoms with E-state index in [9.17, 15) is 15.0 Å². The van der Waals surface area contributed by atoms with Gasteiger partial charge in [0.15, 0.2) is 6.29 Å². The standard InChI is InChI=1S/C15H22O6/c1-4-21-13(17)9-12(16)14(18)10-7-5-6-8-11(10)15(19-2)20-3/h5-8,12,14-16,18H,4,9H2,1-3H3. The van der Waals surface area contributed by atoms with Gasteiger partial charge in [0.2, 0.25) is 0 Å². The van der Waals surface area contributed by atoms with E-state index in [4.69, 9.17) is 14.2 Å². The maximum absolute atomic E-state index is 11.4. The molecule has 1 aromatic rings. The Bertz CT molecular complexity index is 444. The molecule has 2 unspecified atom stereocenters. The van der Waals surface area contributed by atoms with Gasteiger partial charge in [-0.15, -0.1) is 0 Å². The first-order valence-electron chi connectivity index (χ1n) is 6.71. The summed E-state index contributed by atoms with van der Waals surface area (Å²) in [5.41, 5.74) is 1.04. The van der Waals surface area contributed by atoms with Gasteiger partial charge in [0.25, 0.3) is 0 Å². The zero-order chi connectivity index (χ0) is 15.8. The molecule has 2 N–H and O–H groups in total. The Balaban J connectivity index is 2.91. The van der Waals surface area contributed by atoms with Crippen molar-refractivity contribution in [1.82, 2.24) is 0 Å². The van der Waals surface area contributed by atoms with E-state index in [0.717, 1.165) is 0 Å². The number of esters is 1. The zero-order valence-electron chi connectivity index (χ0n) is 12.5. The second-order valence-corrected chi connectivity index (χ2v) is 4.45. The number of benzene rings is 1. The van der Waals surface area contributed by atoms with E-state index in [0.29, 0.717) is 11.1 Å². The monoisotopic (exact) mass is 298 g/mol.